The van der Waals surface area contributed by atoms with E-state index in [4.69, 9.17) is 5.73 Å². The van der Waals surface area contributed by atoms with E-state index in [1.165, 1.54) is 37.1 Å². The molecule has 48 heavy (non-hydrogen) atoms. The number of allylic oxidation sites excluding steroid dienone is 2. The molecule has 8 aromatic rings. The summed E-state index contributed by atoms with van der Waals surface area (Å²) < 4.78 is 4.97. The third-order valence-electron chi connectivity index (χ3n) is 10.1. The minimum Gasteiger partial charge on any atom is -0.398 e. The molecule has 0 saturated heterocycles. The lowest BCUT2D eigenvalue weighted by atomic mass is 9.85. The highest BCUT2D eigenvalue weighted by Gasteiger charge is 2.40. The van der Waals surface area contributed by atoms with Crippen molar-refractivity contribution >= 4 is 76.0 Å². The molecule has 4 nitrogen and oxygen atoms in total. The molecule has 0 fully saturated rings. The second-order valence-corrected chi connectivity index (χ2v) is 13.7. The standard InChI is InChI=1S/C43H28N4S/c44-25-26-17-20-36-32(23-26)29-11-4-6-14-35(29)47(36)38-15-8-13-34(45)41(38)27-18-21-37-33(24-27)42-39(46(37)28-9-2-1-3-10-28)22-19-31-30-12-5-7-16-40(30)48-43(31)42/h1-24,33,37H,45H2. The van der Waals surface area contributed by atoms with Crippen LogP contribution in [-0.4, -0.2) is 10.6 Å². The first kappa shape index (κ1) is 27.1. The Kier molecular flexibility index (Phi) is 5.75. The number of hydrogen-bond acceptors (Lipinski definition) is 4. The van der Waals surface area contributed by atoms with Gasteiger partial charge in [0, 0.05) is 65.1 Å². The summed E-state index contributed by atoms with van der Waals surface area (Å²) in [4.78, 5) is 2.50. The van der Waals surface area contributed by atoms with E-state index in [0.717, 1.165) is 44.3 Å². The molecular weight excluding hydrogens is 605 g/mol. The molecule has 0 bridgehead atoms. The molecule has 2 atom stereocenters. The first-order valence-corrected chi connectivity index (χ1v) is 17.0. The Morgan fingerprint density at radius 1 is 0.688 bits per heavy atom. The predicted molar refractivity (Wildman–Crippen MR) is 201 cm³/mol. The summed E-state index contributed by atoms with van der Waals surface area (Å²) in [6.45, 7) is 0. The van der Waals surface area contributed by atoms with Crippen LogP contribution in [0.2, 0.25) is 0 Å². The number of para-hydroxylation sites is 2. The van der Waals surface area contributed by atoms with E-state index in [-0.39, 0.29) is 12.0 Å². The van der Waals surface area contributed by atoms with Crippen LogP contribution in [0.3, 0.4) is 0 Å². The van der Waals surface area contributed by atoms with E-state index in [2.05, 4.69) is 137 Å². The summed E-state index contributed by atoms with van der Waals surface area (Å²) in [5.41, 5.74) is 17.4. The molecule has 0 spiro atoms. The molecule has 1 aliphatic heterocycles. The van der Waals surface area contributed by atoms with Gasteiger partial charge in [0.15, 0.2) is 0 Å². The van der Waals surface area contributed by atoms with Crippen LogP contribution in [0, 0.1) is 11.3 Å². The minimum absolute atomic E-state index is 0.126. The molecule has 0 amide bonds. The van der Waals surface area contributed by atoms with Crippen molar-refractivity contribution in [1.29, 1.82) is 5.26 Å². The maximum atomic E-state index is 9.70. The molecule has 2 aliphatic rings. The average Bonchev–Trinajstić information content (AvgIpc) is 3.79. The number of nitrogen functional groups attached to an aromatic ring is 1. The van der Waals surface area contributed by atoms with Crippen molar-refractivity contribution in [1.82, 2.24) is 4.57 Å². The van der Waals surface area contributed by atoms with E-state index in [9.17, 15) is 5.26 Å². The molecule has 2 aromatic heterocycles. The van der Waals surface area contributed by atoms with Crippen LogP contribution in [0.25, 0.3) is 53.2 Å². The van der Waals surface area contributed by atoms with E-state index in [0.29, 0.717) is 5.56 Å². The van der Waals surface area contributed by atoms with E-state index >= 15 is 0 Å². The maximum Gasteiger partial charge on any atom is 0.0991 e. The molecular formula is C43H28N4S. The highest BCUT2D eigenvalue weighted by Crippen LogP contribution is 2.54. The minimum atomic E-state index is 0.126. The Morgan fingerprint density at radius 3 is 2.35 bits per heavy atom. The molecule has 1 aliphatic carbocycles. The summed E-state index contributed by atoms with van der Waals surface area (Å²) in [7, 11) is 0. The van der Waals surface area contributed by atoms with Gasteiger partial charge in [0.1, 0.15) is 0 Å². The molecule has 2 unspecified atom stereocenters. The number of anilines is 3. The van der Waals surface area contributed by atoms with Crippen molar-refractivity contribution in [3.63, 3.8) is 0 Å². The zero-order chi connectivity index (χ0) is 31.9. The van der Waals surface area contributed by atoms with Gasteiger partial charge in [-0.3, -0.25) is 0 Å². The Balaban J connectivity index is 1.22. The zero-order valence-corrected chi connectivity index (χ0v) is 26.7. The van der Waals surface area contributed by atoms with E-state index in [1.54, 1.807) is 0 Å². The number of nitriles is 1. The van der Waals surface area contributed by atoms with Gasteiger partial charge in [0.05, 0.1) is 34.4 Å². The smallest absolute Gasteiger partial charge is 0.0991 e. The average molecular weight is 633 g/mol. The number of rotatable bonds is 3. The molecule has 226 valence electrons. The number of benzene rings is 6. The molecule has 10 rings (SSSR count). The molecule has 6 aromatic carbocycles. The lowest BCUT2D eigenvalue weighted by molar-refractivity contribution is 0.750. The summed E-state index contributed by atoms with van der Waals surface area (Å²) in [6.07, 6.45) is 7.09. The van der Waals surface area contributed by atoms with Gasteiger partial charge in [0.2, 0.25) is 0 Å². The highest BCUT2D eigenvalue weighted by atomic mass is 32.1. The van der Waals surface area contributed by atoms with Crippen molar-refractivity contribution in [3.05, 3.63) is 162 Å². The number of aromatic nitrogens is 1. The second kappa shape index (κ2) is 10.2. The van der Waals surface area contributed by atoms with Gasteiger partial charge in [-0.25, -0.2) is 0 Å². The topological polar surface area (TPSA) is 58.0 Å². The summed E-state index contributed by atoms with van der Waals surface area (Å²) in [6, 6.07) is 47.1. The van der Waals surface area contributed by atoms with E-state index < -0.39 is 0 Å². The Bertz CT molecular complexity index is 2720. The predicted octanol–water partition coefficient (Wildman–Crippen LogP) is 10.9. The fraction of sp³-hybridized carbons (Fsp3) is 0.0465. The number of hydrogen-bond donors (Lipinski definition) is 1. The fourth-order valence-corrected chi connectivity index (χ4v) is 9.38. The summed E-state index contributed by atoms with van der Waals surface area (Å²) in [5.74, 6) is 0.126. The van der Waals surface area contributed by atoms with Gasteiger partial charge in [0.25, 0.3) is 0 Å². The van der Waals surface area contributed by atoms with Crippen molar-refractivity contribution in [3.8, 4) is 11.8 Å². The van der Waals surface area contributed by atoms with Crippen LogP contribution in [0.15, 0.2) is 146 Å². The SMILES string of the molecule is N#Cc1ccc2c(c1)c1ccccc1n2-c1cccc(N)c1C1=CC2c3c(ccc4c3sc3ccccc34)N(c3ccccc3)C2C=C1. The van der Waals surface area contributed by atoms with Gasteiger partial charge >= 0.3 is 0 Å². The van der Waals surface area contributed by atoms with Crippen molar-refractivity contribution in [2.24, 2.45) is 0 Å². The maximum absolute atomic E-state index is 9.70. The number of nitrogens with two attached hydrogens (primary N) is 1. The number of fused-ring (bicyclic) bond motifs is 10. The van der Waals surface area contributed by atoms with Crippen LogP contribution >= 0.6 is 11.3 Å². The van der Waals surface area contributed by atoms with Crippen LogP contribution < -0.4 is 10.6 Å². The molecule has 2 N–H and O–H groups in total. The Morgan fingerprint density at radius 2 is 1.48 bits per heavy atom. The molecule has 0 saturated carbocycles. The lowest BCUT2D eigenvalue weighted by Crippen LogP contribution is -2.29. The number of nitrogens with zero attached hydrogens (tertiary/aromatic N) is 3. The van der Waals surface area contributed by atoms with Crippen molar-refractivity contribution in [2.45, 2.75) is 12.0 Å². The fourth-order valence-electron chi connectivity index (χ4n) is 8.09. The van der Waals surface area contributed by atoms with Gasteiger partial charge < -0.3 is 15.2 Å². The van der Waals surface area contributed by atoms with Crippen molar-refractivity contribution in [2.75, 3.05) is 10.6 Å². The summed E-state index contributed by atoms with van der Waals surface area (Å²) in [5, 5.41) is 14.5. The first-order chi connectivity index (χ1) is 23.7. The molecule has 5 heteroatoms. The van der Waals surface area contributed by atoms with E-state index in [1.807, 2.05) is 35.6 Å². The largest absolute Gasteiger partial charge is 0.398 e. The highest BCUT2D eigenvalue weighted by molar-refractivity contribution is 7.26. The first-order valence-electron chi connectivity index (χ1n) is 16.2. The Hall–Kier alpha value is -6.09. The van der Waals surface area contributed by atoms with Gasteiger partial charge in [-0.2, -0.15) is 5.26 Å². The van der Waals surface area contributed by atoms with Crippen LogP contribution in [-0.2, 0) is 0 Å². The van der Waals surface area contributed by atoms with Crippen LogP contribution in [0.5, 0.6) is 0 Å². The zero-order valence-electron chi connectivity index (χ0n) is 25.8. The second-order valence-electron chi connectivity index (χ2n) is 12.6. The lowest BCUT2D eigenvalue weighted by Gasteiger charge is -2.30. The van der Waals surface area contributed by atoms with Gasteiger partial charge in [-0.05, 0) is 66.2 Å². The normalized spacial score (nSPS) is 16.8. The van der Waals surface area contributed by atoms with Crippen molar-refractivity contribution < 1.29 is 0 Å². The number of thiophene rings is 1. The third-order valence-corrected chi connectivity index (χ3v) is 11.3. The summed E-state index contributed by atoms with van der Waals surface area (Å²) >= 11 is 1.90. The molecule has 3 heterocycles. The van der Waals surface area contributed by atoms with Gasteiger partial charge in [-0.15, -0.1) is 11.3 Å². The molecule has 0 radical (unpaired) electrons. The van der Waals surface area contributed by atoms with Gasteiger partial charge in [-0.1, -0.05) is 85.0 Å². The third kappa shape index (κ3) is 3.75. The quantitative estimate of drug-likeness (QED) is 0.197. The monoisotopic (exact) mass is 632 g/mol. The van der Waals surface area contributed by atoms with Crippen LogP contribution in [0.4, 0.5) is 17.1 Å². The Labute approximate surface area is 281 Å². The van der Waals surface area contributed by atoms with Crippen LogP contribution in [0.1, 0.15) is 22.6 Å².